The Balaban J connectivity index is 0.840. The minimum Gasteiger partial charge on any atom is -0.238 e. The van der Waals surface area contributed by atoms with Crippen molar-refractivity contribution in [3.05, 3.63) is 266 Å². The maximum Gasteiger partial charge on any atom is 0.194 e. The Kier molecular flexibility index (Phi) is 10.5. The van der Waals surface area contributed by atoms with Crippen LogP contribution in [0.15, 0.2) is 255 Å². The van der Waals surface area contributed by atoms with Crippen molar-refractivity contribution in [2.45, 2.75) is 0 Å². The predicted molar refractivity (Wildman–Crippen MR) is 300 cm³/mol. The molecule has 13 rings (SSSR count). The summed E-state index contributed by atoms with van der Waals surface area (Å²) in [5.74, 6) is 1.78. The molecule has 0 unspecified atom stereocenters. The number of nitrogens with zero attached hydrogens (tertiary/aromatic N) is 4. The molecule has 0 spiro atoms. The van der Waals surface area contributed by atoms with Gasteiger partial charge in [0.15, 0.2) is 23.2 Å². The highest BCUT2D eigenvalue weighted by molar-refractivity contribution is 6.25. The largest absolute Gasteiger partial charge is 0.238 e. The molecule has 4 nitrogen and oxygen atoms in total. The number of rotatable bonds is 8. The Hall–Kier alpha value is -9.82. The van der Waals surface area contributed by atoms with Gasteiger partial charge in [0.05, 0.1) is 6.57 Å². The van der Waals surface area contributed by atoms with E-state index in [1.807, 2.05) is 48.5 Å². The van der Waals surface area contributed by atoms with E-state index < -0.39 is 0 Å². The molecule has 1 aromatic heterocycles. The molecule has 0 saturated carbocycles. The van der Waals surface area contributed by atoms with Crippen LogP contribution in [0.5, 0.6) is 0 Å². The fourth-order valence-electron chi connectivity index (χ4n) is 10.3. The number of hydrogen-bond donors (Lipinski definition) is 0. The van der Waals surface area contributed by atoms with E-state index in [1.54, 1.807) is 0 Å². The van der Waals surface area contributed by atoms with Crippen molar-refractivity contribution >= 4 is 48.8 Å². The lowest BCUT2D eigenvalue weighted by molar-refractivity contribution is 1.07. The molecule has 0 amide bonds. The van der Waals surface area contributed by atoms with Gasteiger partial charge in [-0.05, 0) is 123 Å². The van der Waals surface area contributed by atoms with Crippen LogP contribution >= 0.6 is 0 Å². The van der Waals surface area contributed by atoms with Crippen LogP contribution in [0.25, 0.3) is 138 Å². The van der Waals surface area contributed by atoms with Crippen LogP contribution in [0.1, 0.15) is 0 Å². The number of fused-ring (bicyclic) bond motifs is 7. The molecule has 0 N–H and O–H groups in total. The average Bonchev–Trinajstić information content (AvgIpc) is 3.47. The normalized spacial score (nSPS) is 11.3. The summed E-state index contributed by atoms with van der Waals surface area (Å²) in [7, 11) is 0. The van der Waals surface area contributed by atoms with Crippen LogP contribution in [-0.2, 0) is 0 Å². The molecule has 0 bridgehead atoms. The molecule has 0 aliphatic rings. The first kappa shape index (κ1) is 42.3. The van der Waals surface area contributed by atoms with Crippen molar-refractivity contribution < 1.29 is 0 Å². The van der Waals surface area contributed by atoms with Crippen LogP contribution in [0.3, 0.4) is 0 Å². The van der Waals surface area contributed by atoms with E-state index in [0.717, 1.165) is 61.2 Å². The van der Waals surface area contributed by atoms with Gasteiger partial charge >= 0.3 is 0 Å². The first-order chi connectivity index (χ1) is 35.6. The Bertz CT molecular complexity index is 4250. The maximum absolute atomic E-state index is 8.19. The Morgan fingerprint density at radius 3 is 1.28 bits per heavy atom. The number of hydrogen-bond acceptors (Lipinski definition) is 3. The number of benzene rings is 12. The van der Waals surface area contributed by atoms with Crippen molar-refractivity contribution in [1.29, 1.82) is 0 Å². The van der Waals surface area contributed by atoms with Crippen molar-refractivity contribution in [2.75, 3.05) is 0 Å². The van der Waals surface area contributed by atoms with Gasteiger partial charge in [0.1, 0.15) is 0 Å². The lowest BCUT2D eigenvalue weighted by atomic mass is 9.89. The first-order valence-corrected chi connectivity index (χ1v) is 24.2. The molecule has 0 radical (unpaired) electrons. The second-order valence-corrected chi connectivity index (χ2v) is 18.2. The second-order valence-electron chi connectivity index (χ2n) is 18.2. The lowest BCUT2D eigenvalue weighted by Crippen LogP contribution is -2.00. The topological polar surface area (TPSA) is 43.0 Å². The van der Waals surface area contributed by atoms with Gasteiger partial charge in [-0.2, -0.15) is 0 Å². The van der Waals surface area contributed by atoms with E-state index in [0.29, 0.717) is 23.2 Å². The fourth-order valence-corrected chi connectivity index (χ4v) is 10.3. The molecule has 4 heteroatoms. The van der Waals surface area contributed by atoms with Crippen LogP contribution < -0.4 is 0 Å². The highest BCUT2D eigenvalue weighted by Gasteiger charge is 2.17. The van der Waals surface area contributed by atoms with E-state index in [-0.39, 0.29) is 0 Å². The van der Waals surface area contributed by atoms with Gasteiger partial charge in [-0.3, -0.25) is 0 Å². The van der Waals surface area contributed by atoms with Gasteiger partial charge in [-0.1, -0.05) is 231 Å². The SMILES string of the molecule is [C-]#[N+]c1ccc(-c2cccc(-c3nc(-c4ccccc4)nc(-c4cccc(-c5ccc6ccccc6c5)c4)n3)c2)cc1-c1ccc(-c2ccccc2-c2ccc3c4ccccc4c4ccccc4c3c2)cc1. The van der Waals surface area contributed by atoms with Crippen LogP contribution in [0, 0.1) is 6.57 Å². The first-order valence-electron chi connectivity index (χ1n) is 24.2. The van der Waals surface area contributed by atoms with E-state index in [1.165, 1.54) is 54.2 Å². The van der Waals surface area contributed by atoms with E-state index in [4.69, 9.17) is 21.5 Å². The van der Waals surface area contributed by atoms with Gasteiger partial charge in [0, 0.05) is 16.7 Å². The van der Waals surface area contributed by atoms with Crippen molar-refractivity contribution in [3.8, 4) is 89.8 Å². The molecule has 0 saturated heterocycles. The smallest absolute Gasteiger partial charge is 0.194 e. The van der Waals surface area contributed by atoms with Gasteiger partial charge in [-0.25, -0.2) is 19.8 Å². The summed E-state index contributed by atoms with van der Waals surface area (Å²) in [5.41, 5.74) is 13.9. The maximum atomic E-state index is 8.19. The fraction of sp³-hybridized carbons (Fsp3) is 0. The van der Waals surface area contributed by atoms with E-state index in [2.05, 4.69) is 211 Å². The third-order valence-corrected chi connectivity index (χ3v) is 13.9. The Labute approximate surface area is 417 Å². The molecule has 0 fully saturated rings. The zero-order valence-corrected chi connectivity index (χ0v) is 39.0. The van der Waals surface area contributed by atoms with Gasteiger partial charge in [-0.15, -0.1) is 0 Å². The third kappa shape index (κ3) is 7.72. The molecule has 13 aromatic rings. The molecule has 12 aromatic carbocycles. The summed E-state index contributed by atoms with van der Waals surface area (Å²) < 4.78 is 0. The highest BCUT2D eigenvalue weighted by atomic mass is 15.0. The van der Waals surface area contributed by atoms with Crippen molar-refractivity contribution in [2.24, 2.45) is 0 Å². The lowest BCUT2D eigenvalue weighted by Gasteiger charge is -2.15. The van der Waals surface area contributed by atoms with Crippen molar-refractivity contribution in [1.82, 2.24) is 15.0 Å². The molecule has 0 aliphatic heterocycles. The summed E-state index contributed by atoms with van der Waals surface area (Å²) in [6.07, 6.45) is 0. The zero-order valence-electron chi connectivity index (χ0n) is 39.0. The van der Waals surface area contributed by atoms with Crippen LogP contribution in [-0.4, -0.2) is 15.0 Å². The highest BCUT2D eigenvalue weighted by Crippen LogP contribution is 2.41. The molecular formula is C68H42N4. The number of aromatic nitrogens is 3. The molecular weight excluding hydrogens is 873 g/mol. The quantitative estimate of drug-likeness (QED) is 0.113. The van der Waals surface area contributed by atoms with Gasteiger partial charge < -0.3 is 0 Å². The van der Waals surface area contributed by atoms with E-state index in [9.17, 15) is 0 Å². The Morgan fingerprint density at radius 2 is 0.653 bits per heavy atom. The minimum absolute atomic E-state index is 0.580. The monoisotopic (exact) mass is 914 g/mol. The molecule has 1 heterocycles. The Morgan fingerprint density at radius 1 is 0.236 bits per heavy atom. The third-order valence-electron chi connectivity index (χ3n) is 13.9. The van der Waals surface area contributed by atoms with Crippen molar-refractivity contribution in [3.63, 3.8) is 0 Å². The van der Waals surface area contributed by atoms with Crippen LogP contribution in [0.2, 0.25) is 0 Å². The molecule has 0 aliphatic carbocycles. The summed E-state index contributed by atoms with van der Waals surface area (Å²) >= 11 is 0. The average molecular weight is 915 g/mol. The molecule has 72 heavy (non-hydrogen) atoms. The summed E-state index contributed by atoms with van der Waals surface area (Å²) in [6, 6.07) is 89.5. The van der Waals surface area contributed by atoms with Gasteiger partial charge in [0.25, 0.3) is 0 Å². The summed E-state index contributed by atoms with van der Waals surface area (Å²) in [5, 5.41) is 9.97. The minimum atomic E-state index is 0.580. The summed E-state index contributed by atoms with van der Waals surface area (Å²) in [6.45, 7) is 8.19. The van der Waals surface area contributed by atoms with Crippen LogP contribution in [0.4, 0.5) is 5.69 Å². The predicted octanol–water partition coefficient (Wildman–Crippen LogP) is 18.4. The molecule has 0 atom stereocenters. The summed E-state index contributed by atoms with van der Waals surface area (Å²) in [4.78, 5) is 19.3. The molecule has 334 valence electrons. The zero-order chi connectivity index (χ0) is 48.0. The standard InChI is InChI=1S/C68H42N4/c1-69-65-38-36-52(42-63(65)46-32-30-45(31-33-46)56-23-7-8-24-57(56)53-35-37-62-60-27-10-9-25-58(60)59-26-11-12-28-61(59)64(62)43-53)50-20-14-22-55(41-50)68-71-66(47-16-3-2-4-17-47)70-67(72-68)54-21-13-19-49(40-54)51-34-29-44-15-5-6-18-48(44)39-51/h2-43H. The van der Waals surface area contributed by atoms with E-state index >= 15 is 0 Å². The second kappa shape index (κ2) is 17.9. The van der Waals surface area contributed by atoms with Gasteiger partial charge in [0.2, 0.25) is 0 Å².